The number of carbonyl (C=O) groups is 1. The van der Waals surface area contributed by atoms with Gasteiger partial charge in [0.15, 0.2) is 0 Å². The number of hydrogen-bond donors (Lipinski definition) is 1. The van der Waals surface area contributed by atoms with E-state index in [-0.39, 0.29) is 24.0 Å². The maximum atomic E-state index is 12.1. The van der Waals surface area contributed by atoms with E-state index in [1.165, 1.54) is 12.1 Å². The molecule has 1 unspecified atom stereocenters. The number of benzene rings is 1. The Balaban J connectivity index is 0.00000220. The lowest BCUT2D eigenvalue weighted by Gasteiger charge is -2.32. The van der Waals surface area contributed by atoms with Gasteiger partial charge >= 0.3 is 0 Å². The molecule has 116 valence electrons. The molecule has 1 aromatic rings. The molecule has 1 aromatic carbocycles. The second-order valence-corrected chi connectivity index (χ2v) is 5.12. The SMILES string of the molecule is CC1CN(C(=O)CCc2cccc([N+](=O)[O-])c2)CCN1.Cl. The molecule has 1 N–H and O–H groups in total. The van der Waals surface area contributed by atoms with Gasteiger partial charge < -0.3 is 10.2 Å². The number of nitrogens with zero attached hydrogens (tertiary/aromatic N) is 2. The van der Waals surface area contributed by atoms with Crippen LogP contribution in [0.5, 0.6) is 0 Å². The molecular formula is C14H20ClN3O3. The quantitative estimate of drug-likeness (QED) is 0.679. The molecule has 1 aliphatic heterocycles. The van der Waals surface area contributed by atoms with Crippen LogP contribution >= 0.6 is 12.4 Å². The standard InChI is InChI=1S/C14H19N3O3.ClH/c1-11-10-16(8-7-15-11)14(18)6-5-12-3-2-4-13(9-12)17(19)20;/h2-4,9,11,15H,5-8,10H2,1H3;1H. The van der Waals surface area contributed by atoms with Crippen molar-refractivity contribution >= 4 is 24.0 Å². The molecule has 7 heteroatoms. The molecule has 0 aliphatic carbocycles. The van der Waals surface area contributed by atoms with Gasteiger partial charge in [0, 0.05) is 44.2 Å². The largest absolute Gasteiger partial charge is 0.340 e. The van der Waals surface area contributed by atoms with E-state index in [4.69, 9.17) is 0 Å². The average molecular weight is 314 g/mol. The third-order valence-electron chi connectivity index (χ3n) is 3.47. The summed E-state index contributed by atoms with van der Waals surface area (Å²) in [5.74, 6) is 0.116. The monoisotopic (exact) mass is 313 g/mol. The highest BCUT2D eigenvalue weighted by atomic mass is 35.5. The molecule has 1 fully saturated rings. The molecule has 0 spiro atoms. The second-order valence-electron chi connectivity index (χ2n) is 5.12. The van der Waals surface area contributed by atoms with Crippen LogP contribution in [-0.4, -0.2) is 41.4 Å². The van der Waals surface area contributed by atoms with Gasteiger partial charge in [-0.25, -0.2) is 0 Å². The molecule has 0 radical (unpaired) electrons. The Kier molecular flexibility index (Phi) is 6.58. The van der Waals surface area contributed by atoms with Crippen LogP contribution in [0, 0.1) is 10.1 Å². The van der Waals surface area contributed by atoms with Crippen LogP contribution in [0.1, 0.15) is 18.9 Å². The molecular weight excluding hydrogens is 294 g/mol. The minimum atomic E-state index is -0.413. The molecule has 1 saturated heterocycles. The topological polar surface area (TPSA) is 75.5 Å². The Labute approximate surface area is 130 Å². The lowest BCUT2D eigenvalue weighted by atomic mass is 10.1. The van der Waals surface area contributed by atoms with Gasteiger partial charge in [-0.3, -0.25) is 14.9 Å². The van der Waals surface area contributed by atoms with Crippen LogP contribution < -0.4 is 5.32 Å². The summed E-state index contributed by atoms with van der Waals surface area (Å²) in [6, 6.07) is 6.80. The first-order chi connectivity index (χ1) is 9.56. The van der Waals surface area contributed by atoms with Crippen LogP contribution in [0.2, 0.25) is 0 Å². The second kappa shape index (κ2) is 7.95. The number of amides is 1. The van der Waals surface area contributed by atoms with Crippen LogP contribution in [-0.2, 0) is 11.2 Å². The van der Waals surface area contributed by atoms with Crippen molar-refractivity contribution in [2.24, 2.45) is 0 Å². The van der Waals surface area contributed by atoms with E-state index < -0.39 is 4.92 Å². The van der Waals surface area contributed by atoms with Crippen molar-refractivity contribution < 1.29 is 9.72 Å². The number of nitrogens with one attached hydrogen (secondary N) is 1. The van der Waals surface area contributed by atoms with E-state index in [1.807, 2.05) is 11.0 Å². The maximum absolute atomic E-state index is 12.1. The Hall–Kier alpha value is -1.66. The van der Waals surface area contributed by atoms with E-state index in [9.17, 15) is 14.9 Å². The minimum absolute atomic E-state index is 0. The molecule has 2 rings (SSSR count). The Morgan fingerprint density at radius 2 is 2.29 bits per heavy atom. The molecule has 1 amide bonds. The van der Waals surface area contributed by atoms with E-state index >= 15 is 0 Å². The van der Waals surface area contributed by atoms with Gasteiger partial charge in [-0.15, -0.1) is 12.4 Å². The number of halogens is 1. The third kappa shape index (κ3) is 4.99. The number of rotatable bonds is 4. The van der Waals surface area contributed by atoms with E-state index in [0.29, 0.717) is 18.9 Å². The van der Waals surface area contributed by atoms with Crippen molar-refractivity contribution in [3.8, 4) is 0 Å². The van der Waals surface area contributed by atoms with Crippen molar-refractivity contribution in [3.05, 3.63) is 39.9 Å². The molecule has 0 bridgehead atoms. The number of nitro benzene ring substituents is 1. The molecule has 21 heavy (non-hydrogen) atoms. The summed E-state index contributed by atoms with van der Waals surface area (Å²) in [6.45, 7) is 4.34. The highest BCUT2D eigenvalue weighted by Crippen LogP contribution is 2.15. The first kappa shape index (κ1) is 17.4. The fourth-order valence-electron chi connectivity index (χ4n) is 2.39. The van der Waals surface area contributed by atoms with Crippen LogP contribution in [0.15, 0.2) is 24.3 Å². The van der Waals surface area contributed by atoms with Crippen LogP contribution in [0.3, 0.4) is 0 Å². The Bertz CT molecular complexity index is 510. The zero-order chi connectivity index (χ0) is 14.5. The van der Waals surface area contributed by atoms with Gasteiger partial charge in [0.1, 0.15) is 0 Å². The first-order valence-corrected chi connectivity index (χ1v) is 6.81. The molecule has 0 saturated carbocycles. The Morgan fingerprint density at radius 3 is 2.95 bits per heavy atom. The molecule has 1 heterocycles. The van der Waals surface area contributed by atoms with E-state index in [0.717, 1.165) is 25.2 Å². The number of hydrogen-bond acceptors (Lipinski definition) is 4. The highest BCUT2D eigenvalue weighted by molar-refractivity contribution is 5.85. The van der Waals surface area contributed by atoms with Gasteiger partial charge in [0.05, 0.1) is 4.92 Å². The summed E-state index contributed by atoms with van der Waals surface area (Å²) >= 11 is 0. The smallest absolute Gasteiger partial charge is 0.269 e. The first-order valence-electron chi connectivity index (χ1n) is 6.81. The number of non-ortho nitro benzene ring substituents is 1. The zero-order valence-electron chi connectivity index (χ0n) is 11.9. The lowest BCUT2D eigenvalue weighted by Crippen LogP contribution is -2.51. The zero-order valence-corrected chi connectivity index (χ0v) is 12.8. The predicted octanol–water partition coefficient (Wildman–Crippen LogP) is 1.77. The van der Waals surface area contributed by atoms with Crippen molar-refractivity contribution in [2.75, 3.05) is 19.6 Å². The Morgan fingerprint density at radius 1 is 1.52 bits per heavy atom. The summed E-state index contributed by atoms with van der Waals surface area (Å²) in [5, 5.41) is 14.0. The summed E-state index contributed by atoms with van der Waals surface area (Å²) in [7, 11) is 0. The number of carbonyl (C=O) groups excluding carboxylic acids is 1. The molecule has 1 aliphatic rings. The van der Waals surface area contributed by atoms with E-state index in [2.05, 4.69) is 12.2 Å². The van der Waals surface area contributed by atoms with Crippen molar-refractivity contribution in [1.82, 2.24) is 10.2 Å². The lowest BCUT2D eigenvalue weighted by molar-refractivity contribution is -0.384. The highest BCUT2D eigenvalue weighted by Gasteiger charge is 2.20. The summed E-state index contributed by atoms with van der Waals surface area (Å²) in [4.78, 5) is 24.2. The third-order valence-corrected chi connectivity index (χ3v) is 3.47. The van der Waals surface area contributed by atoms with E-state index in [1.54, 1.807) is 6.07 Å². The average Bonchev–Trinajstić information content (AvgIpc) is 2.45. The van der Waals surface area contributed by atoms with Crippen molar-refractivity contribution in [1.29, 1.82) is 0 Å². The number of nitro groups is 1. The normalized spacial score (nSPS) is 18.0. The summed E-state index contributed by atoms with van der Waals surface area (Å²) in [5.41, 5.74) is 0.904. The maximum Gasteiger partial charge on any atom is 0.269 e. The van der Waals surface area contributed by atoms with Crippen molar-refractivity contribution in [2.45, 2.75) is 25.8 Å². The van der Waals surface area contributed by atoms with Gasteiger partial charge in [-0.1, -0.05) is 12.1 Å². The molecule has 6 nitrogen and oxygen atoms in total. The fraction of sp³-hybridized carbons (Fsp3) is 0.500. The predicted molar refractivity (Wildman–Crippen MR) is 82.7 cm³/mol. The van der Waals surface area contributed by atoms with Gasteiger partial charge in [0.2, 0.25) is 5.91 Å². The van der Waals surface area contributed by atoms with Crippen molar-refractivity contribution in [3.63, 3.8) is 0 Å². The van der Waals surface area contributed by atoms with Gasteiger partial charge in [-0.05, 0) is 18.9 Å². The molecule has 1 atom stereocenters. The molecule has 0 aromatic heterocycles. The summed E-state index contributed by atoms with van der Waals surface area (Å²) < 4.78 is 0. The number of aryl methyl sites for hydroxylation is 1. The van der Waals surface area contributed by atoms with Gasteiger partial charge in [-0.2, -0.15) is 0 Å². The summed E-state index contributed by atoms with van der Waals surface area (Å²) in [6.07, 6.45) is 0.937. The fourth-order valence-corrected chi connectivity index (χ4v) is 2.39. The van der Waals surface area contributed by atoms with Crippen LogP contribution in [0.25, 0.3) is 0 Å². The number of piperazine rings is 1. The minimum Gasteiger partial charge on any atom is -0.340 e. The van der Waals surface area contributed by atoms with Crippen LogP contribution in [0.4, 0.5) is 5.69 Å². The van der Waals surface area contributed by atoms with Gasteiger partial charge in [0.25, 0.3) is 5.69 Å².